The lowest BCUT2D eigenvalue weighted by atomic mass is 9.98. The molecule has 1 fully saturated rings. The number of hydrogen-bond donors (Lipinski definition) is 1. The van der Waals surface area contributed by atoms with Crippen LogP contribution in [0.4, 0.5) is 22.9 Å². The van der Waals surface area contributed by atoms with Gasteiger partial charge in [-0.05, 0) is 71.6 Å². The molecule has 0 atom stereocenters. The predicted octanol–water partition coefficient (Wildman–Crippen LogP) is 9.43. The topological polar surface area (TPSA) is 114 Å². The normalized spacial score (nSPS) is 16.1. The van der Waals surface area contributed by atoms with Crippen LogP contribution in [-0.2, 0) is 9.59 Å². The zero-order valence-electron chi connectivity index (χ0n) is 27.8. The summed E-state index contributed by atoms with van der Waals surface area (Å²) in [6, 6.07) is 51.2. The lowest BCUT2D eigenvalue weighted by Crippen LogP contribution is -2.29. The second-order valence-corrected chi connectivity index (χ2v) is 13.6. The van der Waals surface area contributed by atoms with E-state index in [0.29, 0.717) is 43.4 Å². The van der Waals surface area contributed by atoms with Crippen LogP contribution < -0.4 is 15.2 Å². The van der Waals surface area contributed by atoms with Crippen molar-refractivity contribution in [3.05, 3.63) is 173 Å². The first-order chi connectivity index (χ1) is 26.1. The van der Waals surface area contributed by atoms with Gasteiger partial charge in [-0.3, -0.25) is 14.5 Å². The number of benzene rings is 5. The van der Waals surface area contributed by atoms with Crippen LogP contribution in [0.1, 0.15) is 5.56 Å². The number of nitrogens with zero attached hydrogens (tertiary/aromatic N) is 6. The molecule has 1 aromatic heterocycles. The fourth-order valence-corrected chi connectivity index (χ4v) is 7.83. The molecule has 2 aliphatic rings. The molecule has 0 unspecified atom stereocenters. The van der Waals surface area contributed by atoms with Crippen LogP contribution in [0.3, 0.4) is 0 Å². The first-order valence-electron chi connectivity index (χ1n) is 16.5. The van der Waals surface area contributed by atoms with Gasteiger partial charge in [-0.1, -0.05) is 115 Å². The van der Waals surface area contributed by atoms with E-state index in [1.54, 1.807) is 17.1 Å². The molecule has 2 aliphatic heterocycles. The van der Waals surface area contributed by atoms with E-state index in [0.717, 1.165) is 34.7 Å². The van der Waals surface area contributed by atoms with Crippen molar-refractivity contribution in [2.24, 2.45) is 10.1 Å². The molecule has 2 amide bonds. The number of carbonyl (C=O) groups excluding carboxylic acids is 2. The molecular weight excluding hydrogens is 699 g/mol. The minimum absolute atomic E-state index is 0.168. The Morgan fingerprint density at radius 3 is 1.91 bits per heavy atom. The number of hydrogen-bond acceptors (Lipinski definition) is 9. The van der Waals surface area contributed by atoms with Gasteiger partial charge >= 0.3 is 0 Å². The van der Waals surface area contributed by atoms with Crippen LogP contribution >= 0.6 is 23.5 Å². The number of anilines is 3. The zero-order valence-corrected chi connectivity index (χ0v) is 29.5. The van der Waals surface area contributed by atoms with Gasteiger partial charge in [-0.15, -0.1) is 0 Å². The average Bonchev–Trinajstić information content (AvgIpc) is 3.80. The van der Waals surface area contributed by atoms with Gasteiger partial charge in [-0.25, -0.2) is 15.0 Å². The number of hydrazone groups is 1. The molecule has 254 valence electrons. The molecule has 3 heterocycles. The number of para-hydroxylation sites is 3. The Kier molecular flexibility index (Phi) is 9.36. The summed E-state index contributed by atoms with van der Waals surface area (Å²) < 4.78 is 0. The Morgan fingerprint density at radius 1 is 0.717 bits per heavy atom. The van der Waals surface area contributed by atoms with Crippen LogP contribution in [0.2, 0.25) is 0 Å². The largest absolute Gasteiger partial charge is 0.320 e. The highest BCUT2D eigenvalue weighted by Crippen LogP contribution is 2.46. The highest BCUT2D eigenvalue weighted by atomic mass is 32.2. The molecule has 8 rings (SSSR count). The maximum Gasteiger partial charge on any atom is 0.283 e. The number of aromatic nitrogens is 1. The lowest BCUT2D eigenvalue weighted by Gasteiger charge is -2.17. The summed E-state index contributed by atoms with van der Waals surface area (Å²) in [5.74, 6) is -0.589. The quantitative estimate of drug-likeness (QED) is 0.163. The molecule has 6 aromatic rings. The number of thioether (sulfide) groups is 2. The Bertz CT molecular complexity index is 2470. The number of carbonyl (C=O) groups is 2. The average molecular weight is 726 g/mol. The second-order valence-electron chi connectivity index (χ2n) is 11.7. The van der Waals surface area contributed by atoms with Gasteiger partial charge < -0.3 is 5.32 Å². The van der Waals surface area contributed by atoms with Gasteiger partial charge in [0.1, 0.15) is 21.6 Å². The van der Waals surface area contributed by atoms with E-state index in [1.807, 2.05) is 146 Å². The van der Waals surface area contributed by atoms with Gasteiger partial charge in [0.25, 0.3) is 11.8 Å². The highest BCUT2D eigenvalue weighted by molar-refractivity contribution is 8.22. The van der Waals surface area contributed by atoms with E-state index in [4.69, 9.17) is 15.1 Å². The Labute approximate surface area is 314 Å². The molecule has 9 nitrogen and oxygen atoms in total. The van der Waals surface area contributed by atoms with Crippen molar-refractivity contribution in [2.45, 2.75) is 0 Å². The second kappa shape index (κ2) is 14.9. The van der Waals surface area contributed by atoms with Crippen molar-refractivity contribution >= 4 is 68.4 Å². The molecule has 1 N–H and O–H groups in total. The molecular formula is C42H27N7O2S2. The minimum atomic E-state index is -0.406. The summed E-state index contributed by atoms with van der Waals surface area (Å²) >= 11 is 2.25. The summed E-state index contributed by atoms with van der Waals surface area (Å²) in [4.78, 5) is 39.9. The number of amidine groups is 1. The third kappa shape index (κ3) is 6.84. The van der Waals surface area contributed by atoms with Gasteiger partial charge in [0.15, 0.2) is 16.0 Å². The van der Waals surface area contributed by atoms with E-state index in [2.05, 4.69) is 11.4 Å². The van der Waals surface area contributed by atoms with Gasteiger partial charge in [-0.2, -0.15) is 10.4 Å². The summed E-state index contributed by atoms with van der Waals surface area (Å²) in [6.45, 7) is 0. The monoisotopic (exact) mass is 725 g/mol. The van der Waals surface area contributed by atoms with Crippen LogP contribution in [0.25, 0.3) is 22.4 Å². The SMILES string of the molecule is N#Cc1c(-c2ccccc2)cc(-c2ccccc2)nc1N=C1SC(=C2SC(C(=O)Nc3ccccc3)=NN2c2ccccc2)C(=O)N1c1ccccc1. The van der Waals surface area contributed by atoms with Crippen molar-refractivity contribution < 1.29 is 9.59 Å². The third-order valence-corrected chi connectivity index (χ3v) is 10.5. The van der Waals surface area contributed by atoms with Gasteiger partial charge in [0, 0.05) is 16.8 Å². The Morgan fingerprint density at radius 2 is 1.28 bits per heavy atom. The summed E-state index contributed by atoms with van der Waals surface area (Å²) in [7, 11) is 0. The smallest absolute Gasteiger partial charge is 0.283 e. The Balaban J connectivity index is 1.28. The molecule has 0 saturated carbocycles. The fraction of sp³-hybridized carbons (Fsp3) is 0. The highest BCUT2D eigenvalue weighted by Gasteiger charge is 2.42. The van der Waals surface area contributed by atoms with E-state index >= 15 is 0 Å². The van der Waals surface area contributed by atoms with E-state index in [9.17, 15) is 14.9 Å². The van der Waals surface area contributed by atoms with Crippen LogP contribution in [0.15, 0.2) is 178 Å². The number of amides is 2. The number of rotatable bonds is 7. The predicted molar refractivity (Wildman–Crippen MR) is 214 cm³/mol. The summed E-state index contributed by atoms with van der Waals surface area (Å²) in [5, 5.41) is 20.7. The minimum Gasteiger partial charge on any atom is -0.320 e. The lowest BCUT2D eigenvalue weighted by molar-refractivity contribution is -0.113. The van der Waals surface area contributed by atoms with Crippen molar-refractivity contribution in [3.8, 4) is 28.5 Å². The number of nitriles is 1. The van der Waals surface area contributed by atoms with Crippen LogP contribution in [0.5, 0.6) is 0 Å². The molecule has 53 heavy (non-hydrogen) atoms. The third-order valence-electron chi connectivity index (χ3n) is 8.26. The number of aliphatic imine (C=N–C) groups is 1. The maximum atomic E-state index is 14.7. The van der Waals surface area contributed by atoms with Gasteiger partial charge in [0.05, 0.1) is 17.1 Å². The molecule has 0 spiro atoms. The van der Waals surface area contributed by atoms with Crippen LogP contribution in [0, 0.1) is 11.3 Å². The first-order valence-corrected chi connectivity index (χ1v) is 18.1. The molecule has 11 heteroatoms. The zero-order chi connectivity index (χ0) is 36.1. The number of pyridine rings is 1. The summed E-state index contributed by atoms with van der Waals surface area (Å²) in [5.41, 5.74) is 5.14. The summed E-state index contributed by atoms with van der Waals surface area (Å²) in [6.07, 6.45) is 0. The molecule has 0 radical (unpaired) electrons. The van der Waals surface area contributed by atoms with Crippen LogP contribution in [-0.4, -0.2) is 27.0 Å². The molecule has 5 aromatic carbocycles. The fourth-order valence-electron chi connectivity index (χ4n) is 5.77. The van der Waals surface area contributed by atoms with Crippen molar-refractivity contribution in [1.29, 1.82) is 5.26 Å². The van der Waals surface area contributed by atoms with E-state index < -0.39 is 5.91 Å². The molecule has 1 saturated heterocycles. The maximum absolute atomic E-state index is 14.7. The first kappa shape index (κ1) is 33.4. The van der Waals surface area contributed by atoms with Crippen molar-refractivity contribution in [3.63, 3.8) is 0 Å². The van der Waals surface area contributed by atoms with Crippen molar-refractivity contribution in [1.82, 2.24) is 4.98 Å². The number of nitrogens with one attached hydrogen (secondary N) is 1. The van der Waals surface area contributed by atoms with Crippen molar-refractivity contribution in [2.75, 3.05) is 15.2 Å². The van der Waals surface area contributed by atoms with E-state index in [1.165, 1.54) is 4.90 Å². The molecule has 0 aliphatic carbocycles. The van der Waals surface area contributed by atoms with E-state index in [-0.39, 0.29) is 22.3 Å². The standard InChI is InChI=1S/C42H27N7O2S2/c43-27-34-33(28-16-6-1-7-17-28)26-35(29-18-8-2-9-19-29)45-37(34)46-42-48(31-22-12-4-13-23-31)40(51)36(52-42)41-49(32-24-14-5-15-25-32)47-39(53-41)38(50)44-30-20-10-3-11-21-30/h1-26H,(H,44,50). The molecule has 0 bridgehead atoms. The Hall–Kier alpha value is -6.74. The van der Waals surface area contributed by atoms with Gasteiger partial charge in [0.2, 0.25) is 0 Å².